The maximum atomic E-state index is 12.2. The van der Waals surface area contributed by atoms with Gasteiger partial charge < -0.3 is 9.47 Å². The number of carbonyl (C=O) groups is 4. The van der Waals surface area contributed by atoms with Gasteiger partial charge >= 0.3 is 11.9 Å². The molecular weight excluding hydrogens is 631 g/mol. The number of Topliss-reactive ketones (excluding diaryl/α,β-unsaturated/α-hetero) is 2. The van der Waals surface area contributed by atoms with Gasteiger partial charge in [0.1, 0.15) is 24.4 Å². The molecule has 6 nitrogen and oxygen atoms in total. The molecule has 41 heavy (non-hydrogen) atoms. The summed E-state index contributed by atoms with van der Waals surface area (Å²) in [4.78, 5) is 45.2. The standard InChI is InChI=1S/C16H22O3.C9H14O.C7H9IO2.2CH4/c1-4-19-14(17)8-6-5-7-11-9-12-10-13(15(11)18)16(12,2)3;1-9(2)6-3-4-8(10)7(9)5-6;1-2-10-7(9)5-3-4-6-8;;/h11-13H,4,7-10H2,1-3H3;6-7H,3-5H2,1-2H3;2,5-6H2,1H3;2*1H4. The molecule has 0 heterocycles. The second-order valence-electron chi connectivity index (χ2n) is 12.0. The van der Waals surface area contributed by atoms with Gasteiger partial charge in [-0.2, -0.15) is 0 Å². The number of esters is 2. The maximum absolute atomic E-state index is 12.2. The minimum atomic E-state index is -0.283. The molecule has 0 saturated heterocycles. The predicted octanol–water partition coefficient (Wildman–Crippen LogP) is 7.25. The SMILES string of the molecule is C.C.CC1(C)C2CCC(=O)C1C2.CCOC(=O)CC#CCC1CC2CC(C1=O)C2(C)C.CCOC(=O)CC#CCI. The lowest BCUT2D eigenvalue weighted by molar-refractivity contribution is -0.156. The number of rotatable bonds is 5. The van der Waals surface area contributed by atoms with Crippen LogP contribution in [0, 0.1) is 64.1 Å². The van der Waals surface area contributed by atoms with E-state index in [1.165, 1.54) is 6.42 Å². The number of hydrogen-bond donors (Lipinski definition) is 0. The Morgan fingerprint density at radius 1 is 0.805 bits per heavy atom. The van der Waals surface area contributed by atoms with Gasteiger partial charge in [-0.1, -0.05) is 82.9 Å². The molecule has 6 fully saturated rings. The zero-order chi connectivity index (χ0) is 29.2. The summed E-state index contributed by atoms with van der Waals surface area (Å²) in [5.41, 5.74) is 0.557. The summed E-state index contributed by atoms with van der Waals surface area (Å²) in [6, 6.07) is 0. The van der Waals surface area contributed by atoms with Crippen LogP contribution in [0.4, 0.5) is 0 Å². The summed E-state index contributed by atoms with van der Waals surface area (Å²) in [6.07, 6.45) is 6.19. The summed E-state index contributed by atoms with van der Waals surface area (Å²) in [5.74, 6) is 13.9. The minimum Gasteiger partial charge on any atom is -0.465 e. The van der Waals surface area contributed by atoms with Gasteiger partial charge in [0.2, 0.25) is 0 Å². The molecule has 6 saturated carbocycles. The number of hydrogen-bond acceptors (Lipinski definition) is 6. The topological polar surface area (TPSA) is 86.7 Å². The molecule has 6 aliphatic rings. The number of ether oxygens (including phenoxy) is 2. The van der Waals surface area contributed by atoms with Crippen molar-refractivity contribution in [2.75, 3.05) is 17.6 Å². The Balaban J connectivity index is 0.000000622. The van der Waals surface area contributed by atoms with Gasteiger partial charge in [-0.15, -0.1) is 5.92 Å². The summed E-state index contributed by atoms with van der Waals surface area (Å²) >= 11 is 2.13. The van der Waals surface area contributed by atoms with Crippen LogP contribution < -0.4 is 0 Å². The minimum absolute atomic E-state index is 0. The Kier molecular flexibility index (Phi) is 17.1. The molecule has 0 radical (unpaired) electrons. The molecule has 5 atom stereocenters. The molecule has 0 aromatic carbocycles. The van der Waals surface area contributed by atoms with Crippen LogP contribution in [-0.4, -0.2) is 41.1 Å². The number of carbonyl (C=O) groups excluding carboxylic acids is 4. The highest BCUT2D eigenvalue weighted by atomic mass is 127. The van der Waals surface area contributed by atoms with Crippen LogP contribution in [0.2, 0.25) is 0 Å². The Bertz CT molecular complexity index is 1020. The van der Waals surface area contributed by atoms with E-state index < -0.39 is 0 Å². The molecular formula is C34H53IO6. The lowest BCUT2D eigenvalue weighted by atomic mass is 9.46. The summed E-state index contributed by atoms with van der Waals surface area (Å²) in [6.45, 7) is 13.3. The number of halogens is 1. The first-order chi connectivity index (χ1) is 18.4. The highest BCUT2D eigenvalue weighted by Crippen LogP contribution is 2.59. The van der Waals surface area contributed by atoms with E-state index in [-0.39, 0.29) is 56.9 Å². The third-order valence-corrected chi connectivity index (χ3v) is 9.51. The molecule has 0 aliphatic heterocycles. The smallest absolute Gasteiger partial charge is 0.317 e. The monoisotopic (exact) mass is 684 g/mol. The van der Waals surface area contributed by atoms with Crippen LogP contribution in [0.5, 0.6) is 0 Å². The normalized spacial score (nSPS) is 26.7. The van der Waals surface area contributed by atoms with Gasteiger partial charge in [-0.25, -0.2) is 0 Å². The van der Waals surface area contributed by atoms with Crippen molar-refractivity contribution in [3.8, 4) is 23.7 Å². The van der Waals surface area contributed by atoms with E-state index in [9.17, 15) is 19.2 Å². The molecule has 232 valence electrons. The lowest BCUT2D eigenvalue weighted by Gasteiger charge is -2.57. The molecule has 6 rings (SSSR count). The van der Waals surface area contributed by atoms with Crippen molar-refractivity contribution in [3.05, 3.63) is 0 Å². The average Bonchev–Trinajstić information content (AvgIpc) is 2.88. The molecule has 7 heteroatoms. The van der Waals surface area contributed by atoms with E-state index in [0.29, 0.717) is 48.5 Å². The zero-order valence-electron chi connectivity index (χ0n) is 24.5. The largest absolute Gasteiger partial charge is 0.465 e. The Labute approximate surface area is 263 Å². The van der Waals surface area contributed by atoms with Crippen molar-refractivity contribution in [1.29, 1.82) is 0 Å². The van der Waals surface area contributed by atoms with Crippen molar-refractivity contribution >= 4 is 46.1 Å². The predicted molar refractivity (Wildman–Crippen MR) is 173 cm³/mol. The number of fused-ring (bicyclic) bond motifs is 4. The lowest BCUT2D eigenvalue weighted by Crippen LogP contribution is -2.56. The first-order valence-electron chi connectivity index (χ1n) is 14.2. The third-order valence-electron chi connectivity index (χ3n) is 9.13. The van der Waals surface area contributed by atoms with Crippen molar-refractivity contribution in [2.45, 2.75) is 108 Å². The number of alkyl halides is 1. The van der Waals surface area contributed by atoms with E-state index in [1.54, 1.807) is 13.8 Å². The second kappa shape index (κ2) is 17.9. The van der Waals surface area contributed by atoms with E-state index >= 15 is 0 Å². The molecule has 0 spiro atoms. The van der Waals surface area contributed by atoms with E-state index in [1.807, 2.05) is 0 Å². The highest BCUT2D eigenvalue weighted by molar-refractivity contribution is 14.1. The first-order valence-corrected chi connectivity index (χ1v) is 15.8. The van der Waals surface area contributed by atoms with E-state index in [0.717, 1.165) is 36.0 Å². The fraction of sp³-hybridized carbons (Fsp3) is 0.765. The molecule has 0 aromatic rings. The fourth-order valence-electron chi connectivity index (χ4n) is 6.31. The van der Waals surface area contributed by atoms with Gasteiger partial charge in [0.05, 0.1) is 17.6 Å². The van der Waals surface area contributed by atoms with Crippen LogP contribution in [0.15, 0.2) is 0 Å². The number of ketones is 2. The van der Waals surface area contributed by atoms with Gasteiger partial charge in [0.15, 0.2) is 0 Å². The van der Waals surface area contributed by atoms with Crippen molar-refractivity contribution < 1.29 is 28.7 Å². The van der Waals surface area contributed by atoms with Crippen molar-refractivity contribution in [1.82, 2.24) is 0 Å². The average molecular weight is 685 g/mol. The van der Waals surface area contributed by atoms with Crippen LogP contribution in [0.1, 0.15) is 108 Å². The maximum Gasteiger partial charge on any atom is 0.317 e. The van der Waals surface area contributed by atoms with Crippen LogP contribution in [0.3, 0.4) is 0 Å². The third kappa shape index (κ3) is 10.4. The van der Waals surface area contributed by atoms with Crippen LogP contribution in [-0.2, 0) is 28.7 Å². The Morgan fingerprint density at radius 2 is 1.32 bits per heavy atom. The molecule has 5 unspecified atom stereocenters. The van der Waals surface area contributed by atoms with Gasteiger partial charge in [-0.05, 0) is 62.2 Å². The first kappa shape index (κ1) is 39.1. The molecule has 0 amide bonds. The molecule has 6 aliphatic carbocycles. The quantitative estimate of drug-likeness (QED) is 0.131. The molecule has 0 N–H and O–H groups in total. The molecule has 0 aromatic heterocycles. The summed E-state index contributed by atoms with van der Waals surface area (Å²) in [7, 11) is 0. The van der Waals surface area contributed by atoms with Crippen molar-refractivity contribution in [3.63, 3.8) is 0 Å². The fourth-order valence-corrected chi connectivity index (χ4v) is 6.58. The van der Waals surface area contributed by atoms with E-state index in [2.05, 4.69) is 78.7 Å². The summed E-state index contributed by atoms with van der Waals surface area (Å²) in [5, 5.41) is 0. The Hall–Kier alpha value is -1.87. The van der Waals surface area contributed by atoms with Crippen LogP contribution >= 0.6 is 22.6 Å². The Morgan fingerprint density at radius 3 is 1.71 bits per heavy atom. The molecule has 4 bridgehead atoms. The highest BCUT2D eigenvalue weighted by Gasteiger charge is 2.57. The second-order valence-corrected chi connectivity index (χ2v) is 12.7. The van der Waals surface area contributed by atoms with Gasteiger partial charge in [0, 0.05) is 30.6 Å². The van der Waals surface area contributed by atoms with Crippen LogP contribution in [0.25, 0.3) is 0 Å². The van der Waals surface area contributed by atoms with Crippen molar-refractivity contribution in [2.24, 2.45) is 40.4 Å². The van der Waals surface area contributed by atoms with E-state index in [4.69, 9.17) is 4.74 Å². The zero-order valence-corrected chi connectivity index (χ0v) is 26.6. The van der Waals surface area contributed by atoms with Gasteiger partial charge in [-0.3, -0.25) is 19.2 Å². The summed E-state index contributed by atoms with van der Waals surface area (Å²) < 4.78 is 10.2. The van der Waals surface area contributed by atoms with Gasteiger partial charge in [0.25, 0.3) is 0 Å².